The van der Waals surface area contributed by atoms with E-state index in [4.69, 9.17) is 4.74 Å². The molecule has 31 heavy (non-hydrogen) atoms. The van der Waals surface area contributed by atoms with Crippen molar-refractivity contribution in [2.75, 3.05) is 26.3 Å². The summed E-state index contributed by atoms with van der Waals surface area (Å²) < 4.78 is 7.57. The van der Waals surface area contributed by atoms with Crippen LogP contribution >= 0.6 is 0 Å². The summed E-state index contributed by atoms with van der Waals surface area (Å²) in [7, 11) is 0. The molecule has 2 aliphatic heterocycles. The molecule has 1 fully saturated rings. The molecule has 6 rings (SSSR count). The number of rotatable bonds is 4. The van der Waals surface area contributed by atoms with Gasteiger partial charge in [-0.1, -0.05) is 17.4 Å². The summed E-state index contributed by atoms with van der Waals surface area (Å²) in [5, 5.41) is 13.4. The zero-order valence-electron chi connectivity index (χ0n) is 17.5. The third-order valence-corrected chi connectivity index (χ3v) is 6.54. The van der Waals surface area contributed by atoms with E-state index in [1.807, 2.05) is 6.20 Å². The normalized spacial score (nSPS) is 18.0. The van der Waals surface area contributed by atoms with E-state index in [1.54, 1.807) is 0 Å². The van der Waals surface area contributed by atoms with Crippen molar-refractivity contribution in [3.63, 3.8) is 0 Å². The first kappa shape index (κ1) is 18.7. The van der Waals surface area contributed by atoms with Crippen LogP contribution in [0.4, 0.5) is 0 Å². The first-order valence-corrected chi connectivity index (χ1v) is 11.1. The van der Waals surface area contributed by atoms with Crippen LogP contribution < -0.4 is 5.32 Å². The van der Waals surface area contributed by atoms with Gasteiger partial charge >= 0.3 is 0 Å². The maximum absolute atomic E-state index is 5.51. The van der Waals surface area contributed by atoms with E-state index in [-0.39, 0.29) is 0 Å². The second kappa shape index (κ2) is 7.90. The lowest BCUT2D eigenvalue weighted by Crippen LogP contribution is -2.20. The molecular formula is C24H26N6O. The van der Waals surface area contributed by atoms with Crippen molar-refractivity contribution >= 4 is 27.6 Å². The second-order valence-electron chi connectivity index (χ2n) is 8.52. The van der Waals surface area contributed by atoms with Crippen molar-refractivity contribution in [3.8, 4) is 11.1 Å². The molecule has 158 valence electrons. The second-order valence-corrected chi connectivity index (χ2v) is 8.52. The Morgan fingerprint density at radius 1 is 1.13 bits per heavy atom. The summed E-state index contributed by atoms with van der Waals surface area (Å²) in [6, 6.07) is 10.8. The summed E-state index contributed by atoms with van der Waals surface area (Å²) in [5.41, 5.74) is 7.84. The fourth-order valence-corrected chi connectivity index (χ4v) is 4.76. The van der Waals surface area contributed by atoms with Gasteiger partial charge in [-0.2, -0.15) is 0 Å². The lowest BCUT2D eigenvalue weighted by atomic mass is 10.00. The number of H-pyrrole nitrogens is 1. The zero-order valence-corrected chi connectivity index (χ0v) is 17.5. The van der Waals surface area contributed by atoms with Crippen molar-refractivity contribution in [1.82, 2.24) is 30.3 Å². The summed E-state index contributed by atoms with van der Waals surface area (Å²) in [5.74, 6) is 0.598. The number of benzene rings is 1. The molecule has 2 N–H and O–H groups in total. The van der Waals surface area contributed by atoms with Crippen LogP contribution in [0.3, 0.4) is 0 Å². The first-order chi connectivity index (χ1) is 15.3. The van der Waals surface area contributed by atoms with Crippen molar-refractivity contribution < 1.29 is 4.74 Å². The minimum Gasteiger partial charge on any atom is -0.381 e. The highest BCUT2D eigenvalue weighted by Crippen LogP contribution is 2.32. The van der Waals surface area contributed by atoms with Crippen molar-refractivity contribution in [1.29, 1.82) is 0 Å². The molecule has 0 amide bonds. The van der Waals surface area contributed by atoms with E-state index in [2.05, 4.69) is 66.7 Å². The van der Waals surface area contributed by atoms with E-state index < -0.39 is 0 Å². The predicted molar refractivity (Wildman–Crippen MR) is 122 cm³/mol. The van der Waals surface area contributed by atoms with E-state index in [1.165, 1.54) is 22.4 Å². The topological polar surface area (TPSA) is 80.7 Å². The molecule has 7 nitrogen and oxygen atoms in total. The maximum Gasteiger partial charge on any atom is 0.138 e. The van der Waals surface area contributed by atoms with Gasteiger partial charge in [-0.05, 0) is 72.7 Å². The molecule has 4 aromatic rings. The van der Waals surface area contributed by atoms with Crippen molar-refractivity contribution in [3.05, 3.63) is 48.3 Å². The SMILES string of the molecule is C1=C(c2cc3c(-c4ccc5nnn(CC6CCOCC6)c5c4)ccnc3[nH]2)CCNC1. The van der Waals surface area contributed by atoms with Crippen LogP contribution in [0.15, 0.2) is 42.6 Å². The van der Waals surface area contributed by atoms with Gasteiger partial charge in [0.15, 0.2) is 0 Å². The summed E-state index contributed by atoms with van der Waals surface area (Å²) in [6.45, 7) is 4.53. The molecule has 0 aliphatic carbocycles. The van der Waals surface area contributed by atoms with E-state index in [9.17, 15) is 0 Å². The molecule has 2 aliphatic rings. The van der Waals surface area contributed by atoms with Gasteiger partial charge in [-0.15, -0.1) is 5.10 Å². The smallest absolute Gasteiger partial charge is 0.138 e. The molecule has 0 saturated carbocycles. The van der Waals surface area contributed by atoms with Crippen LogP contribution in [0.2, 0.25) is 0 Å². The molecule has 3 aromatic heterocycles. The average molecular weight is 415 g/mol. The Morgan fingerprint density at radius 2 is 2.06 bits per heavy atom. The van der Waals surface area contributed by atoms with Gasteiger partial charge in [0.25, 0.3) is 0 Å². The number of ether oxygens (including phenoxy) is 1. The van der Waals surface area contributed by atoms with Crippen molar-refractivity contribution in [2.24, 2.45) is 5.92 Å². The number of pyridine rings is 1. The van der Waals surface area contributed by atoms with Gasteiger partial charge in [0.05, 0.1) is 5.52 Å². The molecule has 0 unspecified atom stereocenters. The van der Waals surface area contributed by atoms with Crippen molar-refractivity contribution in [2.45, 2.75) is 25.8 Å². The molecule has 7 heteroatoms. The number of hydrogen-bond donors (Lipinski definition) is 2. The van der Waals surface area contributed by atoms with Crippen LogP contribution in [0, 0.1) is 5.92 Å². The van der Waals surface area contributed by atoms with Gasteiger partial charge in [-0.3, -0.25) is 0 Å². The highest BCUT2D eigenvalue weighted by Gasteiger charge is 2.18. The van der Waals surface area contributed by atoms with Gasteiger partial charge in [-0.25, -0.2) is 9.67 Å². The van der Waals surface area contributed by atoms with Crippen LogP contribution in [0.25, 0.3) is 38.8 Å². The predicted octanol–water partition coefficient (Wildman–Crippen LogP) is 3.78. The lowest BCUT2D eigenvalue weighted by molar-refractivity contribution is 0.0604. The third kappa shape index (κ3) is 3.54. The Labute approximate surface area is 180 Å². The summed E-state index contributed by atoms with van der Waals surface area (Å²) >= 11 is 0. The number of aromatic amines is 1. The molecule has 0 spiro atoms. The minimum absolute atomic E-state index is 0.598. The Hall–Kier alpha value is -3.03. The first-order valence-electron chi connectivity index (χ1n) is 11.1. The van der Waals surface area contributed by atoms with Gasteiger partial charge in [0.2, 0.25) is 0 Å². The number of aromatic nitrogens is 5. The fourth-order valence-electron chi connectivity index (χ4n) is 4.76. The Morgan fingerprint density at radius 3 is 2.94 bits per heavy atom. The Balaban J connectivity index is 1.39. The van der Waals surface area contributed by atoms with E-state index in [0.717, 1.165) is 74.2 Å². The monoisotopic (exact) mass is 414 g/mol. The minimum atomic E-state index is 0.598. The quantitative estimate of drug-likeness (QED) is 0.531. The number of hydrogen-bond acceptors (Lipinski definition) is 5. The maximum atomic E-state index is 5.51. The Bertz CT molecular complexity index is 1260. The Kier molecular flexibility index (Phi) is 4.77. The average Bonchev–Trinajstić information content (AvgIpc) is 3.44. The number of nitrogens with one attached hydrogen (secondary N) is 2. The molecule has 1 aromatic carbocycles. The number of nitrogens with zero attached hydrogens (tertiary/aromatic N) is 4. The molecular weight excluding hydrogens is 388 g/mol. The third-order valence-electron chi connectivity index (χ3n) is 6.54. The fraction of sp³-hybridized carbons (Fsp3) is 0.375. The van der Waals surface area contributed by atoms with Crippen LogP contribution in [-0.2, 0) is 11.3 Å². The van der Waals surface area contributed by atoms with E-state index in [0.29, 0.717) is 5.92 Å². The van der Waals surface area contributed by atoms with Gasteiger partial charge in [0.1, 0.15) is 11.2 Å². The van der Waals surface area contributed by atoms with Crippen LogP contribution in [-0.4, -0.2) is 51.3 Å². The molecule has 0 radical (unpaired) electrons. The van der Waals surface area contributed by atoms with Gasteiger partial charge < -0.3 is 15.0 Å². The molecule has 1 saturated heterocycles. The highest BCUT2D eigenvalue weighted by atomic mass is 16.5. The summed E-state index contributed by atoms with van der Waals surface area (Å²) in [4.78, 5) is 8.11. The molecule has 0 atom stereocenters. The highest BCUT2D eigenvalue weighted by molar-refractivity contribution is 5.97. The molecule has 5 heterocycles. The zero-order chi connectivity index (χ0) is 20.6. The standard InChI is InChI=1S/C24H26N6O/c1-2-21-23(30(29-28-21)15-16-6-11-31-12-7-16)13-18(1)19-5-10-26-24-20(19)14-22(27-24)17-3-8-25-9-4-17/h1-3,5,10,13-14,16,25H,4,6-9,11-12,15H2,(H,26,27). The lowest BCUT2D eigenvalue weighted by Gasteiger charge is -2.21. The summed E-state index contributed by atoms with van der Waals surface area (Å²) in [6.07, 6.45) is 7.36. The molecule has 0 bridgehead atoms. The number of fused-ring (bicyclic) bond motifs is 2. The van der Waals surface area contributed by atoms with Crippen LogP contribution in [0.1, 0.15) is 25.0 Å². The largest absolute Gasteiger partial charge is 0.381 e. The van der Waals surface area contributed by atoms with Gasteiger partial charge in [0, 0.05) is 43.6 Å². The van der Waals surface area contributed by atoms with Crippen LogP contribution in [0.5, 0.6) is 0 Å². The van der Waals surface area contributed by atoms with E-state index >= 15 is 0 Å².